The number of nitrogens with one attached hydrogen (secondary N) is 2. The molecule has 0 spiro atoms. The molecule has 3 saturated carbocycles. The second-order valence-electron chi connectivity index (χ2n) is 20.0. The first-order valence-electron chi connectivity index (χ1n) is 26.5. The van der Waals surface area contributed by atoms with Crippen LogP contribution in [0.15, 0.2) is 164 Å². The molecule has 6 aromatic carbocycles. The number of hydrogen-bond acceptors (Lipinski definition) is 7. The molecule has 0 radical (unpaired) electrons. The van der Waals surface area contributed by atoms with Crippen molar-refractivity contribution in [3.63, 3.8) is 0 Å². The molecule has 9 rings (SSSR count). The average Bonchev–Trinajstić information content (AvgIpc) is 3.42. The minimum absolute atomic E-state index is 0.130. The van der Waals surface area contributed by atoms with E-state index in [1.165, 1.54) is 73.6 Å². The third kappa shape index (κ3) is 20.4. The number of phenolic OH excluding ortho intramolecular Hbond substituents is 3. The monoisotopic (exact) mass is 974 g/mol. The fourth-order valence-corrected chi connectivity index (χ4v) is 10.2. The van der Waals surface area contributed by atoms with Crippen LogP contribution in [0.2, 0.25) is 0 Å². The van der Waals surface area contributed by atoms with Gasteiger partial charge < -0.3 is 36.8 Å². The van der Waals surface area contributed by atoms with E-state index >= 15 is 0 Å². The second kappa shape index (κ2) is 30.5. The van der Waals surface area contributed by atoms with Gasteiger partial charge in [-0.3, -0.25) is 9.59 Å². The highest BCUT2D eigenvalue weighted by molar-refractivity contribution is 5.76. The first kappa shape index (κ1) is 54.9. The van der Waals surface area contributed by atoms with Crippen molar-refractivity contribution in [1.29, 1.82) is 0 Å². The number of aryl methyl sites for hydroxylation is 3. The number of carbonyl (C=O) groups excluding carboxylic acids is 1. The molecule has 1 amide bonds. The van der Waals surface area contributed by atoms with Crippen molar-refractivity contribution in [3.8, 4) is 17.2 Å². The first-order chi connectivity index (χ1) is 35.1. The topological polar surface area (TPSA) is 165 Å². The predicted octanol–water partition coefficient (Wildman–Crippen LogP) is 12.9. The van der Waals surface area contributed by atoms with Crippen molar-refractivity contribution in [1.82, 2.24) is 10.6 Å². The molecular formula is C63H79N3O6. The number of benzene rings is 6. The maximum Gasteiger partial charge on any atom is 0.303 e. The molecule has 0 aliphatic heterocycles. The van der Waals surface area contributed by atoms with Gasteiger partial charge in [0.15, 0.2) is 0 Å². The lowest BCUT2D eigenvalue weighted by Crippen LogP contribution is -2.37. The Morgan fingerprint density at radius 2 is 0.778 bits per heavy atom. The summed E-state index contributed by atoms with van der Waals surface area (Å²) in [6.07, 6.45) is 18.6. The highest BCUT2D eigenvalue weighted by Gasteiger charge is 2.24. The molecule has 0 saturated heterocycles. The fourth-order valence-electron chi connectivity index (χ4n) is 10.2. The van der Waals surface area contributed by atoms with Gasteiger partial charge in [-0.2, -0.15) is 0 Å². The van der Waals surface area contributed by atoms with Crippen molar-refractivity contribution in [3.05, 3.63) is 197 Å². The van der Waals surface area contributed by atoms with E-state index in [1.807, 2.05) is 24.3 Å². The zero-order chi connectivity index (χ0) is 50.8. The van der Waals surface area contributed by atoms with E-state index in [0.29, 0.717) is 49.1 Å². The van der Waals surface area contributed by atoms with Gasteiger partial charge in [-0.05, 0) is 197 Å². The van der Waals surface area contributed by atoms with Gasteiger partial charge in [0.1, 0.15) is 17.2 Å². The summed E-state index contributed by atoms with van der Waals surface area (Å²) in [5.74, 6) is 2.30. The standard InChI is InChI=1S/C21H25NO2.C21H27NO.C12H17N.C9H10O3/c23-20-13-6-16(7-14-20)8-15-21(24)22-19-11-9-18(10-12-19)17-4-2-1-3-5-17;23-21-14-8-17(9-15-21)5-4-16-22-20-12-10-19(11-13-20)18-6-2-1-3-7-18;13-12-8-6-11(7-9-12)10-4-2-1-3-5-10;10-8-4-1-7(2-5-8)3-6-9(11)12/h1-7,13-14,18-19,23H,8-12,15H2,(H,22,24);1-3,6-9,14-15,19-20,22-23H,4-5,10-13,16H2;1-5,11-12H,6-9,13H2;1-2,4-5,10H,3,6H2,(H,11,12). The summed E-state index contributed by atoms with van der Waals surface area (Å²) in [4.78, 5) is 22.3. The van der Waals surface area contributed by atoms with Gasteiger partial charge in [0.05, 0.1) is 0 Å². The van der Waals surface area contributed by atoms with Gasteiger partial charge in [0, 0.05) is 31.0 Å². The van der Waals surface area contributed by atoms with Crippen LogP contribution < -0.4 is 16.4 Å². The molecule has 3 fully saturated rings. The molecule has 0 bridgehead atoms. The number of carboxylic acids is 1. The molecule has 8 N–H and O–H groups in total. The number of carbonyl (C=O) groups is 2. The van der Waals surface area contributed by atoms with Crippen molar-refractivity contribution < 1.29 is 30.0 Å². The van der Waals surface area contributed by atoms with Crippen molar-refractivity contribution in [2.75, 3.05) is 6.54 Å². The Morgan fingerprint density at radius 3 is 1.17 bits per heavy atom. The number of phenols is 3. The zero-order valence-corrected chi connectivity index (χ0v) is 42.2. The van der Waals surface area contributed by atoms with Crippen molar-refractivity contribution in [2.45, 2.75) is 151 Å². The number of aromatic hydroxyl groups is 3. The number of nitrogens with two attached hydrogens (primary N) is 1. The Labute approximate surface area is 429 Å². The first-order valence-corrected chi connectivity index (χ1v) is 26.5. The largest absolute Gasteiger partial charge is 0.508 e. The summed E-state index contributed by atoms with van der Waals surface area (Å²) in [7, 11) is 0. The summed E-state index contributed by atoms with van der Waals surface area (Å²) in [5, 5.41) is 42.8. The third-order valence-corrected chi connectivity index (χ3v) is 14.6. The van der Waals surface area contributed by atoms with Crippen LogP contribution >= 0.6 is 0 Å². The predicted molar refractivity (Wildman–Crippen MR) is 292 cm³/mol. The van der Waals surface area contributed by atoms with Crippen LogP contribution in [0, 0.1) is 0 Å². The smallest absolute Gasteiger partial charge is 0.303 e. The number of carboxylic acid groups (broad SMARTS) is 1. The molecule has 382 valence electrons. The molecule has 0 unspecified atom stereocenters. The van der Waals surface area contributed by atoms with Gasteiger partial charge in [0.25, 0.3) is 0 Å². The lowest BCUT2D eigenvalue weighted by molar-refractivity contribution is -0.137. The second-order valence-corrected chi connectivity index (χ2v) is 20.0. The summed E-state index contributed by atoms with van der Waals surface area (Å²) in [6, 6.07) is 55.1. The van der Waals surface area contributed by atoms with E-state index < -0.39 is 5.97 Å². The zero-order valence-electron chi connectivity index (χ0n) is 42.2. The molecular weight excluding hydrogens is 895 g/mol. The summed E-state index contributed by atoms with van der Waals surface area (Å²) in [5.41, 5.74) is 13.6. The molecule has 3 aliphatic rings. The van der Waals surface area contributed by atoms with E-state index in [1.54, 1.807) is 48.5 Å². The lowest BCUT2D eigenvalue weighted by Gasteiger charge is -2.29. The van der Waals surface area contributed by atoms with E-state index in [0.717, 1.165) is 68.0 Å². The third-order valence-electron chi connectivity index (χ3n) is 14.6. The Bertz CT molecular complexity index is 2390. The quantitative estimate of drug-likeness (QED) is 0.0500. The minimum Gasteiger partial charge on any atom is -0.508 e. The lowest BCUT2D eigenvalue weighted by atomic mass is 9.82. The van der Waals surface area contributed by atoms with Crippen LogP contribution in [0.1, 0.15) is 147 Å². The van der Waals surface area contributed by atoms with Gasteiger partial charge in [-0.15, -0.1) is 0 Å². The molecule has 0 heterocycles. The van der Waals surface area contributed by atoms with Gasteiger partial charge in [-0.25, -0.2) is 0 Å². The fraction of sp³-hybridized carbons (Fsp3) is 0.397. The number of hydrogen-bond donors (Lipinski definition) is 7. The summed E-state index contributed by atoms with van der Waals surface area (Å²) in [6.45, 7) is 1.08. The maximum absolute atomic E-state index is 12.1. The van der Waals surface area contributed by atoms with Crippen molar-refractivity contribution >= 4 is 11.9 Å². The van der Waals surface area contributed by atoms with Crippen LogP contribution in [0.5, 0.6) is 17.2 Å². The van der Waals surface area contributed by atoms with Gasteiger partial charge in [-0.1, -0.05) is 127 Å². The van der Waals surface area contributed by atoms with E-state index in [2.05, 4.69) is 102 Å². The summed E-state index contributed by atoms with van der Waals surface area (Å²) < 4.78 is 0. The Kier molecular flexibility index (Phi) is 23.2. The average molecular weight is 974 g/mol. The van der Waals surface area contributed by atoms with Crippen LogP contribution in [0.4, 0.5) is 0 Å². The highest BCUT2D eigenvalue weighted by Crippen LogP contribution is 2.34. The van der Waals surface area contributed by atoms with Crippen molar-refractivity contribution in [2.24, 2.45) is 5.73 Å². The van der Waals surface area contributed by atoms with Crippen LogP contribution in [0.3, 0.4) is 0 Å². The Hall–Kier alpha value is -6.42. The normalized spacial score (nSPS) is 20.4. The molecule has 6 aromatic rings. The number of rotatable bonds is 15. The molecule has 0 atom stereocenters. The molecule has 9 nitrogen and oxygen atoms in total. The van der Waals surface area contributed by atoms with E-state index in [4.69, 9.17) is 15.9 Å². The van der Waals surface area contributed by atoms with E-state index in [-0.39, 0.29) is 23.8 Å². The number of aliphatic carboxylic acids is 1. The van der Waals surface area contributed by atoms with Crippen LogP contribution in [-0.2, 0) is 28.9 Å². The van der Waals surface area contributed by atoms with Crippen LogP contribution in [0.25, 0.3) is 0 Å². The summed E-state index contributed by atoms with van der Waals surface area (Å²) >= 11 is 0. The molecule has 72 heavy (non-hydrogen) atoms. The van der Waals surface area contributed by atoms with Gasteiger partial charge in [0.2, 0.25) is 5.91 Å². The van der Waals surface area contributed by atoms with Gasteiger partial charge >= 0.3 is 5.97 Å². The molecule has 3 aliphatic carbocycles. The molecule has 0 aromatic heterocycles. The number of amides is 1. The Morgan fingerprint density at radius 1 is 0.431 bits per heavy atom. The molecule has 9 heteroatoms. The highest BCUT2D eigenvalue weighted by atomic mass is 16.4. The van der Waals surface area contributed by atoms with Crippen LogP contribution in [-0.4, -0.2) is 57.0 Å². The minimum atomic E-state index is -0.803. The SMILES string of the molecule is NC1CCC(c2ccccc2)CC1.O=C(CCc1ccc(O)cc1)NC1CCC(c2ccccc2)CC1.O=C(O)CCc1ccc(O)cc1.Oc1ccc(CCCNC2CCC(c3ccccc3)CC2)cc1. The Balaban J connectivity index is 0.000000164. The maximum atomic E-state index is 12.1. The van der Waals surface area contributed by atoms with E-state index in [9.17, 15) is 19.8 Å².